The zero-order valence-corrected chi connectivity index (χ0v) is 14.0. The number of ether oxygens (including phenoxy) is 2. The minimum absolute atomic E-state index is 0.0381. The van der Waals surface area contributed by atoms with Crippen LogP contribution < -0.4 is 20.1 Å². The molecule has 0 atom stereocenters. The van der Waals surface area contributed by atoms with Crippen LogP contribution in [0.5, 0.6) is 11.5 Å². The average Bonchev–Trinajstić information content (AvgIpc) is 2.46. The summed E-state index contributed by atoms with van der Waals surface area (Å²) in [7, 11) is 1.41. The molecule has 7 heteroatoms. The van der Waals surface area contributed by atoms with Crippen LogP contribution in [0.3, 0.4) is 0 Å². The van der Waals surface area contributed by atoms with Crippen molar-refractivity contribution in [3.8, 4) is 11.5 Å². The molecule has 0 spiro atoms. The summed E-state index contributed by atoms with van der Waals surface area (Å²) < 4.78 is 34.3. The van der Waals surface area contributed by atoms with Gasteiger partial charge in [0.1, 0.15) is 0 Å². The normalized spacial score (nSPS) is 11.7. The maximum Gasteiger partial charge on any atom is 0.387 e. The third kappa shape index (κ3) is 7.17. The van der Waals surface area contributed by atoms with E-state index in [1.165, 1.54) is 7.11 Å². The number of benzene rings is 1. The van der Waals surface area contributed by atoms with Crippen LogP contribution in [0.15, 0.2) is 23.2 Å². The Labute approximate surface area is 136 Å². The van der Waals surface area contributed by atoms with Gasteiger partial charge in [-0.2, -0.15) is 8.78 Å². The molecule has 0 saturated heterocycles. The van der Waals surface area contributed by atoms with Crippen molar-refractivity contribution in [2.75, 3.05) is 20.2 Å². The molecular formula is C16H25F2N3O2. The average molecular weight is 329 g/mol. The second kappa shape index (κ2) is 9.86. The molecular weight excluding hydrogens is 304 g/mol. The Bertz CT molecular complexity index is 508. The fourth-order valence-corrected chi connectivity index (χ4v) is 1.95. The van der Waals surface area contributed by atoms with E-state index in [9.17, 15) is 8.78 Å². The number of alkyl halides is 2. The fourth-order valence-electron chi connectivity index (χ4n) is 1.95. The molecule has 0 aliphatic rings. The van der Waals surface area contributed by atoms with Gasteiger partial charge in [0, 0.05) is 19.1 Å². The van der Waals surface area contributed by atoms with Gasteiger partial charge in [0.25, 0.3) is 0 Å². The van der Waals surface area contributed by atoms with Gasteiger partial charge in [-0.15, -0.1) is 0 Å². The van der Waals surface area contributed by atoms with Gasteiger partial charge >= 0.3 is 6.61 Å². The molecule has 0 unspecified atom stereocenters. The Balaban J connectivity index is 2.72. The topological polar surface area (TPSA) is 54.9 Å². The van der Waals surface area contributed by atoms with E-state index < -0.39 is 6.61 Å². The summed E-state index contributed by atoms with van der Waals surface area (Å²) in [6.07, 6.45) is 0.609. The highest BCUT2D eigenvalue weighted by Gasteiger charge is 2.11. The van der Waals surface area contributed by atoms with E-state index in [2.05, 4.69) is 20.4 Å². The molecule has 1 aromatic rings. The van der Waals surface area contributed by atoms with E-state index in [0.29, 0.717) is 13.0 Å². The molecule has 0 aliphatic carbocycles. The van der Waals surface area contributed by atoms with E-state index in [0.717, 1.165) is 18.1 Å². The van der Waals surface area contributed by atoms with E-state index >= 15 is 0 Å². The zero-order chi connectivity index (χ0) is 17.2. The molecule has 5 nitrogen and oxygen atoms in total. The number of nitrogens with one attached hydrogen (secondary N) is 2. The number of guanidine groups is 1. The number of aliphatic imine (C=N–C) groups is 1. The minimum Gasteiger partial charge on any atom is -0.493 e. The van der Waals surface area contributed by atoms with Gasteiger partial charge in [0.2, 0.25) is 0 Å². The first-order chi connectivity index (χ1) is 11.0. The van der Waals surface area contributed by atoms with Crippen LogP contribution in [-0.4, -0.2) is 38.8 Å². The van der Waals surface area contributed by atoms with Crippen molar-refractivity contribution in [1.82, 2.24) is 10.6 Å². The van der Waals surface area contributed by atoms with Crippen molar-refractivity contribution in [3.63, 3.8) is 0 Å². The van der Waals surface area contributed by atoms with Gasteiger partial charge in [0.15, 0.2) is 17.5 Å². The molecule has 1 aromatic carbocycles. The van der Waals surface area contributed by atoms with Crippen LogP contribution in [0.2, 0.25) is 0 Å². The number of hydrogen-bond acceptors (Lipinski definition) is 3. The van der Waals surface area contributed by atoms with Gasteiger partial charge in [0.05, 0.1) is 7.11 Å². The molecule has 0 aliphatic heterocycles. The van der Waals surface area contributed by atoms with E-state index in [-0.39, 0.29) is 17.5 Å². The first-order valence-electron chi connectivity index (χ1n) is 7.62. The molecule has 23 heavy (non-hydrogen) atoms. The number of methoxy groups -OCH3 is 1. The lowest BCUT2D eigenvalue weighted by atomic mass is 10.1. The SMILES string of the molecule is CCNC(=NCCc1ccc(OC)c(OC(F)F)c1)NC(C)C. The third-order valence-corrected chi connectivity index (χ3v) is 2.88. The van der Waals surface area contributed by atoms with Crippen molar-refractivity contribution in [2.45, 2.75) is 39.8 Å². The summed E-state index contributed by atoms with van der Waals surface area (Å²) in [5.74, 6) is 1.06. The zero-order valence-electron chi connectivity index (χ0n) is 14.0. The van der Waals surface area contributed by atoms with Gasteiger partial charge < -0.3 is 20.1 Å². The quantitative estimate of drug-likeness (QED) is 0.569. The number of hydrogen-bond donors (Lipinski definition) is 2. The number of rotatable bonds is 8. The predicted octanol–water partition coefficient (Wildman–Crippen LogP) is 2.80. The summed E-state index contributed by atoms with van der Waals surface area (Å²) in [6.45, 7) is 4.48. The molecule has 2 N–H and O–H groups in total. The van der Waals surface area contributed by atoms with E-state index in [1.54, 1.807) is 12.1 Å². The van der Waals surface area contributed by atoms with E-state index in [4.69, 9.17) is 4.74 Å². The van der Waals surface area contributed by atoms with E-state index in [1.807, 2.05) is 26.8 Å². The first kappa shape index (κ1) is 19.0. The van der Waals surface area contributed by atoms with Crippen LogP contribution >= 0.6 is 0 Å². The van der Waals surface area contributed by atoms with Crippen LogP contribution in [0, 0.1) is 0 Å². The highest BCUT2D eigenvalue weighted by molar-refractivity contribution is 5.79. The van der Waals surface area contributed by atoms with Gasteiger partial charge in [-0.05, 0) is 44.9 Å². The second-order valence-electron chi connectivity index (χ2n) is 5.17. The lowest BCUT2D eigenvalue weighted by Crippen LogP contribution is -2.41. The number of nitrogens with zero attached hydrogens (tertiary/aromatic N) is 1. The van der Waals surface area contributed by atoms with Gasteiger partial charge in [-0.3, -0.25) is 4.99 Å². The van der Waals surface area contributed by atoms with Crippen molar-refractivity contribution in [1.29, 1.82) is 0 Å². The lowest BCUT2D eigenvalue weighted by Gasteiger charge is -2.14. The fraction of sp³-hybridized carbons (Fsp3) is 0.562. The molecule has 1 rings (SSSR count). The van der Waals surface area contributed by atoms with Crippen molar-refractivity contribution in [3.05, 3.63) is 23.8 Å². The largest absolute Gasteiger partial charge is 0.493 e. The summed E-state index contributed by atoms with van der Waals surface area (Å²) in [5, 5.41) is 6.37. The Morgan fingerprint density at radius 1 is 1.26 bits per heavy atom. The van der Waals surface area contributed by atoms with Crippen LogP contribution in [-0.2, 0) is 6.42 Å². The Hall–Kier alpha value is -2.05. The second-order valence-corrected chi connectivity index (χ2v) is 5.17. The van der Waals surface area contributed by atoms with Gasteiger partial charge in [-0.25, -0.2) is 0 Å². The van der Waals surface area contributed by atoms with Crippen molar-refractivity contribution in [2.24, 2.45) is 4.99 Å². The molecule has 0 aromatic heterocycles. The monoisotopic (exact) mass is 329 g/mol. The van der Waals surface area contributed by atoms with Crippen LogP contribution in [0.1, 0.15) is 26.3 Å². The molecule has 0 fully saturated rings. The highest BCUT2D eigenvalue weighted by Crippen LogP contribution is 2.29. The molecule has 0 bridgehead atoms. The highest BCUT2D eigenvalue weighted by atomic mass is 19.3. The lowest BCUT2D eigenvalue weighted by molar-refractivity contribution is -0.0512. The predicted molar refractivity (Wildman–Crippen MR) is 87.6 cm³/mol. The maximum absolute atomic E-state index is 12.4. The van der Waals surface area contributed by atoms with Crippen molar-refractivity contribution < 1.29 is 18.3 Å². The molecule has 0 radical (unpaired) electrons. The Morgan fingerprint density at radius 2 is 2.00 bits per heavy atom. The molecule has 130 valence electrons. The summed E-state index contributed by atoms with van der Waals surface area (Å²) in [5.41, 5.74) is 0.852. The third-order valence-electron chi connectivity index (χ3n) is 2.88. The molecule has 0 saturated carbocycles. The summed E-state index contributed by atoms with van der Waals surface area (Å²) in [6, 6.07) is 5.27. The Morgan fingerprint density at radius 3 is 2.57 bits per heavy atom. The van der Waals surface area contributed by atoms with Crippen LogP contribution in [0.25, 0.3) is 0 Å². The molecule has 0 amide bonds. The maximum atomic E-state index is 12.4. The summed E-state index contributed by atoms with van der Waals surface area (Å²) in [4.78, 5) is 4.46. The summed E-state index contributed by atoms with van der Waals surface area (Å²) >= 11 is 0. The van der Waals surface area contributed by atoms with Crippen molar-refractivity contribution >= 4 is 5.96 Å². The van der Waals surface area contributed by atoms with Crippen LogP contribution in [0.4, 0.5) is 8.78 Å². The standard InChI is InChI=1S/C16H25F2N3O2/c1-5-19-16(21-11(2)3)20-9-8-12-6-7-13(22-4)14(10-12)23-15(17)18/h6-7,10-11,15H,5,8-9H2,1-4H3,(H2,19,20,21). The smallest absolute Gasteiger partial charge is 0.387 e. The minimum atomic E-state index is -2.88. The first-order valence-corrected chi connectivity index (χ1v) is 7.62. The molecule has 0 heterocycles. The number of halogens is 2. The van der Waals surface area contributed by atoms with Gasteiger partial charge in [-0.1, -0.05) is 6.07 Å². The Kier molecular flexibility index (Phi) is 8.15.